The highest BCUT2D eigenvalue weighted by Gasteiger charge is 2.32. The van der Waals surface area contributed by atoms with Crippen LogP contribution in [0.25, 0.3) is 0 Å². The molecule has 122 valence electrons. The fourth-order valence-corrected chi connectivity index (χ4v) is 3.46. The van der Waals surface area contributed by atoms with Gasteiger partial charge in [0.05, 0.1) is 5.92 Å². The molecule has 1 aliphatic rings. The average molecular weight is 302 g/mol. The van der Waals surface area contributed by atoms with Gasteiger partial charge in [-0.2, -0.15) is 0 Å². The monoisotopic (exact) mass is 302 g/mol. The zero-order valence-corrected chi connectivity index (χ0v) is 14.2. The van der Waals surface area contributed by atoms with Crippen molar-refractivity contribution in [3.05, 3.63) is 35.9 Å². The highest BCUT2D eigenvalue weighted by molar-refractivity contribution is 5.80. The van der Waals surface area contributed by atoms with E-state index in [9.17, 15) is 4.79 Å². The van der Waals surface area contributed by atoms with Crippen LogP contribution < -0.4 is 5.73 Å². The Hall–Kier alpha value is -1.35. The van der Waals surface area contributed by atoms with Gasteiger partial charge in [-0.1, -0.05) is 51.1 Å². The maximum Gasteiger partial charge on any atom is 0.227 e. The third-order valence-corrected chi connectivity index (χ3v) is 4.77. The van der Waals surface area contributed by atoms with Crippen LogP contribution in [0.5, 0.6) is 0 Å². The van der Waals surface area contributed by atoms with Gasteiger partial charge in [-0.25, -0.2) is 0 Å². The molecule has 2 rings (SSSR count). The lowest BCUT2D eigenvalue weighted by atomic mass is 9.89. The molecular formula is C19H30N2O. The standard InChI is InChI=1S/C19H30N2O/c1-14(2)13-17-11-7-8-12-21(17)19(22)15(3)18(20)16-9-5-4-6-10-16/h4-6,9-10,14-15,17-18H,7-8,11-13,20H2,1-3H3. The SMILES string of the molecule is CC(C)CC1CCCCN1C(=O)C(C)C(N)c1ccccc1. The third kappa shape index (κ3) is 4.10. The molecule has 0 radical (unpaired) electrons. The molecule has 0 aliphatic carbocycles. The first kappa shape index (κ1) is 17.0. The topological polar surface area (TPSA) is 46.3 Å². The van der Waals surface area contributed by atoms with Crippen LogP contribution >= 0.6 is 0 Å². The molecule has 1 saturated heterocycles. The fourth-order valence-electron chi connectivity index (χ4n) is 3.46. The summed E-state index contributed by atoms with van der Waals surface area (Å²) in [6.07, 6.45) is 4.59. The summed E-state index contributed by atoms with van der Waals surface area (Å²) in [5.74, 6) is 0.674. The van der Waals surface area contributed by atoms with Gasteiger partial charge >= 0.3 is 0 Å². The van der Waals surface area contributed by atoms with Crippen LogP contribution in [0.2, 0.25) is 0 Å². The summed E-state index contributed by atoms with van der Waals surface area (Å²) in [6, 6.07) is 10.1. The molecule has 0 spiro atoms. The second-order valence-electron chi connectivity index (χ2n) is 7.04. The summed E-state index contributed by atoms with van der Waals surface area (Å²) in [6.45, 7) is 7.33. The minimum absolute atomic E-state index is 0.171. The Balaban J connectivity index is 2.07. The summed E-state index contributed by atoms with van der Waals surface area (Å²) in [5, 5.41) is 0. The van der Waals surface area contributed by atoms with Crippen LogP contribution in [0.1, 0.15) is 58.1 Å². The van der Waals surface area contributed by atoms with E-state index in [0.29, 0.717) is 12.0 Å². The lowest BCUT2D eigenvalue weighted by molar-refractivity contribution is -0.139. The van der Waals surface area contributed by atoms with Crippen molar-refractivity contribution in [1.82, 2.24) is 4.90 Å². The first-order chi connectivity index (χ1) is 10.5. The molecule has 3 heteroatoms. The minimum atomic E-state index is -0.227. The van der Waals surface area contributed by atoms with Crippen molar-refractivity contribution in [3.63, 3.8) is 0 Å². The lowest BCUT2D eigenvalue weighted by Gasteiger charge is -2.39. The van der Waals surface area contributed by atoms with E-state index >= 15 is 0 Å². The van der Waals surface area contributed by atoms with Crippen molar-refractivity contribution < 1.29 is 4.79 Å². The Bertz CT molecular complexity index is 472. The van der Waals surface area contributed by atoms with E-state index in [1.54, 1.807) is 0 Å². The Kier molecular flexibility index (Phi) is 6.01. The van der Waals surface area contributed by atoms with E-state index in [2.05, 4.69) is 18.7 Å². The molecule has 0 bridgehead atoms. The van der Waals surface area contributed by atoms with Gasteiger partial charge in [-0.3, -0.25) is 4.79 Å². The first-order valence-electron chi connectivity index (χ1n) is 8.61. The molecule has 1 aromatic carbocycles. The average Bonchev–Trinajstić information content (AvgIpc) is 2.53. The third-order valence-electron chi connectivity index (χ3n) is 4.77. The molecule has 0 saturated carbocycles. The van der Waals surface area contributed by atoms with Crippen molar-refractivity contribution >= 4 is 5.91 Å². The van der Waals surface area contributed by atoms with Crippen LogP contribution in [-0.4, -0.2) is 23.4 Å². The molecular weight excluding hydrogens is 272 g/mol. The summed E-state index contributed by atoms with van der Waals surface area (Å²) >= 11 is 0. The predicted octanol–water partition coefficient (Wildman–Crippen LogP) is 3.75. The number of nitrogens with two attached hydrogens (primary N) is 1. The molecule has 1 fully saturated rings. The van der Waals surface area contributed by atoms with E-state index in [1.807, 2.05) is 37.3 Å². The van der Waals surface area contributed by atoms with E-state index in [1.165, 1.54) is 6.42 Å². The molecule has 22 heavy (non-hydrogen) atoms. The number of hydrogen-bond donors (Lipinski definition) is 1. The highest BCUT2D eigenvalue weighted by atomic mass is 16.2. The molecule has 2 N–H and O–H groups in total. The number of nitrogens with zero attached hydrogens (tertiary/aromatic N) is 1. The summed E-state index contributed by atoms with van der Waals surface area (Å²) < 4.78 is 0. The molecule has 1 amide bonds. The number of hydrogen-bond acceptors (Lipinski definition) is 2. The van der Waals surface area contributed by atoms with Gasteiger partial charge in [0.2, 0.25) is 5.91 Å². The number of likely N-dealkylation sites (tertiary alicyclic amines) is 1. The van der Waals surface area contributed by atoms with Crippen LogP contribution in [-0.2, 0) is 4.79 Å². The van der Waals surface area contributed by atoms with E-state index in [4.69, 9.17) is 5.73 Å². The number of benzene rings is 1. The highest BCUT2D eigenvalue weighted by Crippen LogP contribution is 2.28. The van der Waals surface area contributed by atoms with Crippen LogP contribution in [0.3, 0.4) is 0 Å². The summed E-state index contributed by atoms with van der Waals surface area (Å²) in [7, 11) is 0. The molecule has 3 atom stereocenters. The molecule has 3 unspecified atom stereocenters. The van der Waals surface area contributed by atoms with Crippen LogP contribution in [0.15, 0.2) is 30.3 Å². The maximum atomic E-state index is 13.0. The lowest BCUT2D eigenvalue weighted by Crippen LogP contribution is -2.48. The maximum absolute atomic E-state index is 13.0. The molecule has 0 aromatic heterocycles. The number of carbonyl (C=O) groups excluding carboxylic acids is 1. The van der Waals surface area contributed by atoms with Crippen molar-refractivity contribution in [2.45, 2.75) is 58.5 Å². The van der Waals surface area contributed by atoms with E-state index in [-0.39, 0.29) is 17.9 Å². The number of carbonyl (C=O) groups is 1. The molecule has 3 nitrogen and oxygen atoms in total. The smallest absolute Gasteiger partial charge is 0.227 e. The largest absolute Gasteiger partial charge is 0.339 e. The van der Waals surface area contributed by atoms with E-state index in [0.717, 1.165) is 31.4 Å². The zero-order chi connectivity index (χ0) is 16.1. The van der Waals surface area contributed by atoms with Gasteiger partial charge in [0.1, 0.15) is 0 Å². The van der Waals surface area contributed by atoms with E-state index < -0.39 is 0 Å². The fraction of sp³-hybridized carbons (Fsp3) is 0.632. The molecule has 1 aliphatic heterocycles. The Morgan fingerprint density at radius 3 is 2.55 bits per heavy atom. The van der Waals surface area contributed by atoms with Crippen molar-refractivity contribution in [1.29, 1.82) is 0 Å². The van der Waals surface area contributed by atoms with Gasteiger partial charge in [0, 0.05) is 18.6 Å². The molecule has 1 heterocycles. The second kappa shape index (κ2) is 7.77. The van der Waals surface area contributed by atoms with Gasteiger partial charge < -0.3 is 10.6 Å². The van der Waals surface area contributed by atoms with Crippen molar-refractivity contribution in [3.8, 4) is 0 Å². The van der Waals surface area contributed by atoms with Gasteiger partial charge in [0.25, 0.3) is 0 Å². The Morgan fingerprint density at radius 2 is 1.91 bits per heavy atom. The second-order valence-corrected chi connectivity index (χ2v) is 7.04. The minimum Gasteiger partial charge on any atom is -0.339 e. The number of amides is 1. The van der Waals surface area contributed by atoms with Crippen molar-refractivity contribution in [2.24, 2.45) is 17.6 Å². The van der Waals surface area contributed by atoms with Crippen molar-refractivity contribution in [2.75, 3.05) is 6.54 Å². The first-order valence-corrected chi connectivity index (χ1v) is 8.61. The summed E-state index contributed by atoms with van der Waals surface area (Å²) in [4.78, 5) is 15.1. The van der Waals surface area contributed by atoms with Crippen LogP contribution in [0.4, 0.5) is 0 Å². The summed E-state index contributed by atoms with van der Waals surface area (Å²) in [5.41, 5.74) is 7.39. The van der Waals surface area contributed by atoms with Gasteiger partial charge in [-0.15, -0.1) is 0 Å². The number of piperidine rings is 1. The van der Waals surface area contributed by atoms with Gasteiger partial charge in [0.15, 0.2) is 0 Å². The normalized spacial score (nSPS) is 21.7. The zero-order valence-electron chi connectivity index (χ0n) is 14.2. The van der Waals surface area contributed by atoms with Gasteiger partial charge in [-0.05, 0) is 37.2 Å². The quantitative estimate of drug-likeness (QED) is 0.900. The predicted molar refractivity (Wildman–Crippen MR) is 91.3 cm³/mol. The molecule has 1 aromatic rings. The van der Waals surface area contributed by atoms with Crippen LogP contribution in [0, 0.1) is 11.8 Å². The Morgan fingerprint density at radius 1 is 1.23 bits per heavy atom. The number of rotatable bonds is 5. The Labute approximate surface area is 134 Å².